The first-order chi connectivity index (χ1) is 8.07. The van der Waals surface area contributed by atoms with Gasteiger partial charge in [0, 0.05) is 11.1 Å². The highest BCUT2D eigenvalue weighted by Crippen LogP contribution is 2.27. The number of benzene rings is 1. The first kappa shape index (κ1) is 12.0. The van der Waals surface area contributed by atoms with Crippen molar-refractivity contribution in [3.8, 4) is 5.75 Å². The molecule has 1 aliphatic heterocycles. The minimum atomic E-state index is -0.122. The fourth-order valence-electron chi connectivity index (χ4n) is 2.04. The van der Waals surface area contributed by atoms with Gasteiger partial charge in [0.05, 0.1) is 12.6 Å². The van der Waals surface area contributed by atoms with E-state index in [0.717, 1.165) is 29.2 Å². The highest BCUT2D eigenvalue weighted by Gasteiger charge is 2.28. The third-order valence-corrected chi connectivity index (χ3v) is 2.90. The molecule has 1 aromatic rings. The molecule has 0 bridgehead atoms. The molecule has 92 valence electrons. The molecule has 0 N–H and O–H groups in total. The molecule has 0 aliphatic carbocycles. The Morgan fingerprint density at radius 1 is 1.41 bits per heavy atom. The van der Waals surface area contributed by atoms with Gasteiger partial charge in [-0.05, 0) is 32.4 Å². The van der Waals surface area contributed by atoms with E-state index in [2.05, 4.69) is 25.8 Å². The maximum atomic E-state index is 5.69. The number of nitrogens with zero attached hydrogens (tertiary/aromatic N) is 1. The van der Waals surface area contributed by atoms with Crippen LogP contribution < -0.4 is 4.74 Å². The number of aliphatic imine (C=N–C) groups is 1. The second-order valence-corrected chi connectivity index (χ2v) is 4.86. The van der Waals surface area contributed by atoms with E-state index >= 15 is 0 Å². The van der Waals surface area contributed by atoms with Crippen LogP contribution in [-0.4, -0.2) is 25.2 Å². The summed E-state index contributed by atoms with van der Waals surface area (Å²) in [7, 11) is 1.69. The van der Waals surface area contributed by atoms with Gasteiger partial charge in [-0.3, -0.25) is 0 Å². The summed E-state index contributed by atoms with van der Waals surface area (Å²) in [6.45, 7) is 6.91. The van der Waals surface area contributed by atoms with Crippen molar-refractivity contribution in [3.05, 3.63) is 29.3 Å². The van der Waals surface area contributed by atoms with Crippen molar-refractivity contribution in [1.82, 2.24) is 0 Å². The lowest BCUT2D eigenvalue weighted by Gasteiger charge is -2.11. The summed E-state index contributed by atoms with van der Waals surface area (Å²) < 4.78 is 11.1. The van der Waals surface area contributed by atoms with Gasteiger partial charge in [0.1, 0.15) is 12.4 Å². The summed E-state index contributed by atoms with van der Waals surface area (Å²) in [5.74, 6) is 1.65. The minimum Gasteiger partial charge on any atom is -0.496 e. The Hall–Kier alpha value is -1.51. The summed E-state index contributed by atoms with van der Waals surface area (Å²) >= 11 is 0. The molecule has 3 nitrogen and oxygen atoms in total. The zero-order valence-electron chi connectivity index (χ0n) is 10.9. The van der Waals surface area contributed by atoms with Crippen LogP contribution in [0, 0.1) is 0 Å². The van der Waals surface area contributed by atoms with E-state index in [1.54, 1.807) is 7.11 Å². The van der Waals surface area contributed by atoms with E-state index < -0.39 is 0 Å². The van der Waals surface area contributed by atoms with Crippen LogP contribution in [0.5, 0.6) is 5.75 Å². The molecule has 0 amide bonds. The van der Waals surface area contributed by atoms with E-state index in [1.807, 2.05) is 18.2 Å². The van der Waals surface area contributed by atoms with Crippen molar-refractivity contribution in [2.45, 2.75) is 32.7 Å². The molecular formula is C14H19NO2. The van der Waals surface area contributed by atoms with Crippen molar-refractivity contribution in [2.24, 2.45) is 4.99 Å². The first-order valence-electron chi connectivity index (χ1n) is 5.96. The van der Waals surface area contributed by atoms with E-state index in [9.17, 15) is 0 Å². The zero-order chi connectivity index (χ0) is 12.5. The molecular weight excluding hydrogens is 214 g/mol. The molecule has 0 fully saturated rings. The highest BCUT2D eigenvalue weighted by molar-refractivity contribution is 5.97. The average molecular weight is 233 g/mol. The molecule has 2 rings (SSSR count). The Kier molecular flexibility index (Phi) is 3.09. The molecule has 0 saturated carbocycles. The van der Waals surface area contributed by atoms with Crippen LogP contribution in [0.1, 0.15) is 31.9 Å². The van der Waals surface area contributed by atoms with Gasteiger partial charge in [-0.25, -0.2) is 4.99 Å². The Labute approximate surface area is 102 Å². The highest BCUT2D eigenvalue weighted by atomic mass is 16.5. The van der Waals surface area contributed by atoms with Crippen LogP contribution in [0.3, 0.4) is 0 Å². The van der Waals surface area contributed by atoms with Crippen LogP contribution in [0.2, 0.25) is 0 Å². The number of hydrogen-bond acceptors (Lipinski definition) is 3. The average Bonchev–Trinajstić information content (AvgIpc) is 2.68. The number of rotatable bonds is 3. The third-order valence-electron chi connectivity index (χ3n) is 2.90. The summed E-state index contributed by atoms with van der Waals surface area (Å²) in [5.41, 5.74) is 2.09. The molecule has 1 heterocycles. The quantitative estimate of drug-likeness (QED) is 0.803. The van der Waals surface area contributed by atoms with Gasteiger partial charge in [0.2, 0.25) is 5.90 Å². The Morgan fingerprint density at radius 3 is 2.71 bits per heavy atom. The van der Waals surface area contributed by atoms with Gasteiger partial charge < -0.3 is 9.47 Å². The van der Waals surface area contributed by atoms with Gasteiger partial charge in [-0.2, -0.15) is 0 Å². The molecule has 0 spiro atoms. The molecule has 0 unspecified atom stereocenters. The Bertz CT molecular complexity index is 450. The van der Waals surface area contributed by atoms with Gasteiger partial charge in [0.15, 0.2) is 0 Å². The first-order valence-corrected chi connectivity index (χ1v) is 5.96. The third kappa shape index (κ3) is 2.28. The number of ether oxygens (including phenoxy) is 2. The van der Waals surface area contributed by atoms with Gasteiger partial charge >= 0.3 is 0 Å². The van der Waals surface area contributed by atoms with Gasteiger partial charge in [-0.1, -0.05) is 13.0 Å². The Morgan fingerprint density at radius 2 is 2.18 bits per heavy atom. The molecule has 17 heavy (non-hydrogen) atoms. The van der Waals surface area contributed by atoms with Crippen molar-refractivity contribution in [2.75, 3.05) is 13.7 Å². The monoisotopic (exact) mass is 233 g/mol. The lowest BCUT2D eigenvalue weighted by molar-refractivity contribution is 0.279. The largest absolute Gasteiger partial charge is 0.496 e. The number of hydrogen-bond donors (Lipinski definition) is 0. The molecule has 0 aromatic heterocycles. The Balaban J connectivity index is 2.46. The van der Waals surface area contributed by atoms with Crippen LogP contribution in [-0.2, 0) is 11.2 Å². The van der Waals surface area contributed by atoms with Crippen molar-refractivity contribution in [1.29, 1.82) is 0 Å². The fraction of sp³-hybridized carbons (Fsp3) is 0.500. The van der Waals surface area contributed by atoms with Crippen LogP contribution in [0.4, 0.5) is 0 Å². The van der Waals surface area contributed by atoms with Crippen molar-refractivity contribution < 1.29 is 9.47 Å². The summed E-state index contributed by atoms with van der Waals surface area (Å²) in [4.78, 5) is 4.61. The molecule has 0 radical (unpaired) electrons. The molecule has 0 atom stereocenters. The lowest BCUT2D eigenvalue weighted by atomic mass is 10.0. The predicted octanol–water partition coefficient (Wildman–Crippen LogP) is 2.81. The molecule has 1 aromatic carbocycles. The van der Waals surface area contributed by atoms with Crippen molar-refractivity contribution >= 4 is 5.90 Å². The summed E-state index contributed by atoms with van der Waals surface area (Å²) in [5, 5.41) is 0. The van der Waals surface area contributed by atoms with E-state index in [4.69, 9.17) is 9.47 Å². The van der Waals surface area contributed by atoms with E-state index in [-0.39, 0.29) is 5.54 Å². The van der Waals surface area contributed by atoms with Crippen molar-refractivity contribution in [3.63, 3.8) is 0 Å². The predicted molar refractivity (Wildman–Crippen MR) is 68.9 cm³/mol. The van der Waals surface area contributed by atoms with Crippen LogP contribution in [0.25, 0.3) is 0 Å². The normalized spacial score (nSPS) is 17.5. The maximum Gasteiger partial charge on any atom is 0.217 e. The van der Waals surface area contributed by atoms with Crippen LogP contribution >= 0.6 is 0 Å². The van der Waals surface area contributed by atoms with E-state index in [1.165, 1.54) is 0 Å². The second kappa shape index (κ2) is 4.40. The van der Waals surface area contributed by atoms with Gasteiger partial charge in [0.25, 0.3) is 0 Å². The van der Waals surface area contributed by atoms with Crippen LogP contribution in [0.15, 0.2) is 23.2 Å². The second-order valence-electron chi connectivity index (χ2n) is 4.86. The van der Waals surface area contributed by atoms with E-state index in [0.29, 0.717) is 6.61 Å². The minimum absolute atomic E-state index is 0.122. The smallest absolute Gasteiger partial charge is 0.217 e. The summed E-state index contributed by atoms with van der Waals surface area (Å²) in [6.07, 6.45) is 0.905. The lowest BCUT2D eigenvalue weighted by Crippen LogP contribution is -2.17. The SMILES string of the molecule is CCc1c(OC)cccc1C1=NC(C)(C)CO1. The molecule has 0 saturated heterocycles. The number of methoxy groups -OCH3 is 1. The topological polar surface area (TPSA) is 30.8 Å². The molecule has 3 heteroatoms. The summed E-state index contributed by atoms with van der Waals surface area (Å²) in [6, 6.07) is 6.00. The molecule has 1 aliphatic rings. The fourth-order valence-corrected chi connectivity index (χ4v) is 2.04. The van der Waals surface area contributed by atoms with Gasteiger partial charge in [-0.15, -0.1) is 0 Å². The zero-order valence-corrected chi connectivity index (χ0v) is 10.9. The maximum absolute atomic E-state index is 5.69. The standard InChI is InChI=1S/C14H19NO2/c1-5-10-11(7-6-8-12(10)16-4)13-15-14(2,3)9-17-13/h6-8H,5,9H2,1-4H3.